The molecule has 1 aliphatic rings. The van der Waals surface area contributed by atoms with Crippen molar-refractivity contribution < 1.29 is 9.90 Å². The molecule has 4 heteroatoms. The van der Waals surface area contributed by atoms with Crippen molar-refractivity contribution in [3.05, 3.63) is 30.1 Å². The summed E-state index contributed by atoms with van der Waals surface area (Å²) < 4.78 is 0. The van der Waals surface area contributed by atoms with Crippen LogP contribution < -0.4 is 5.73 Å². The predicted molar refractivity (Wildman–Crippen MR) is 59.8 cm³/mol. The largest absolute Gasteiger partial charge is 0.481 e. The highest BCUT2D eigenvalue weighted by molar-refractivity contribution is 5.76. The Morgan fingerprint density at radius 1 is 1.56 bits per heavy atom. The molecule has 1 fully saturated rings. The van der Waals surface area contributed by atoms with Crippen molar-refractivity contribution in [2.24, 2.45) is 17.1 Å². The third-order valence-electron chi connectivity index (χ3n) is 3.37. The number of hydrogen-bond acceptors (Lipinski definition) is 3. The number of carboxylic acid groups (broad SMARTS) is 1. The standard InChI is InChI=1S/C12H16N2O2/c13-8-12(11(15)16,9-4-5-9)7-10-3-1-2-6-14-10/h1-3,6,9H,4-5,7-8,13H2,(H,15,16). The number of carboxylic acids is 1. The van der Waals surface area contributed by atoms with Gasteiger partial charge < -0.3 is 10.8 Å². The Bertz CT molecular complexity index is 376. The number of pyridine rings is 1. The molecule has 1 aliphatic carbocycles. The molecule has 1 unspecified atom stereocenters. The van der Waals surface area contributed by atoms with Gasteiger partial charge in [0.1, 0.15) is 0 Å². The normalized spacial score (nSPS) is 19.1. The molecule has 86 valence electrons. The van der Waals surface area contributed by atoms with Gasteiger partial charge in [-0.25, -0.2) is 0 Å². The Morgan fingerprint density at radius 2 is 2.31 bits per heavy atom. The van der Waals surface area contributed by atoms with Crippen molar-refractivity contribution in [2.75, 3.05) is 6.54 Å². The van der Waals surface area contributed by atoms with Gasteiger partial charge in [0.15, 0.2) is 0 Å². The predicted octanol–water partition coefficient (Wildman–Crippen LogP) is 1.06. The molecule has 0 aliphatic heterocycles. The molecule has 1 heterocycles. The van der Waals surface area contributed by atoms with Crippen LogP contribution in [0.1, 0.15) is 18.5 Å². The summed E-state index contributed by atoms with van der Waals surface area (Å²) in [5.74, 6) is -0.569. The van der Waals surface area contributed by atoms with Crippen LogP contribution in [0.3, 0.4) is 0 Å². The second kappa shape index (κ2) is 4.22. The van der Waals surface area contributed by atoms with Crippen LogP contribution in [0.4, 0.5) is 0 Å². The summed E-state index contributed by atoms with van der Waals surface area (Å²) in [6, 6.07) is 5.56. The fourth-order valence-electron chi connectivity index (χ4n) is 2.18. The van der Waals surface area contributed by atoms with Crippen LogP contribution in [0.25, 0.3) is 0 Å². The molecule has 1 aromatic heterocycles. The lowest BCUT2D eigenvalue weighted by molar-refractivity contribution is -0.149. The summed E-state index contributed by atoms with van der Waals surface area (Å²) in [6.45, 7) is 0.184. The first-order chi connectivity index (χ1) is 7.69. The quantitative estimate of drug-likeness (QED) is 0.778. The van der Waals surface area contributed by atoms with Crippen LogP contribution in [0.15, 0.2) is 24.4 Å². The first-order valence-electron chi connectivity index (χ1n) is 5.52. The molecular weight excluding hydrogens is 204 g/mol. The molecule has 0 saturated heterocycles. The minimum atomic E-state index is -0.811. The molecule has 1 saturated carbocycles. The van der Waals surface area contributed by atoms with E-state index < -0.39 is 11.4 Å². The Balaban J connectivity index is 2.23. The summed E-state index contributed by atoms with van der Waals surface area (Å²) in [5, 5.41) is 9.39. The highest BCUT2D eigenvalue weighted by Crippen LogP contribution is 2.47. The second-order valence-corrected chi connectivity index (χ2v) is 4.44. The molecular formula is C12H16N2O2. The summed E-state index contributed by atoms with van der Waals surface area (Å²) in [7, 11) is 0. The zero-order valence-electron chi connectivity index (χ0n) is 9.10. The highest BCUT2D eigenvalue weighted by Gasteiger charge is 2.50. The van der Waals surface area contributed by atoms with Crippen molar-refractivity contribution in [1.82, 2.24) is 4.98 Å². The van der Waals surface area contributed by atoms with E-state index in [1.165, 1.54) is 0 Å². The number of aliphatic carboxylic acids is 1. The van der Waals surface area contributed by atoms with Gasteiger partial charge in [0.25, 0.3) is 0 Å². The van der Waals surface area contributed by atoms with E-state index in [4.69, 9.17) is 5.73 Å². The Labute approximate surface area is 94.5 Å². The fraction of sp³-hybridized carbons (Fsp3) is 0.500. The molecule has 0 spiro atoms. The Kier molecular flexibility index (Phi) is 2.92. The topological polar surface area (TPSA) is 76.2 Å². The zero-order valence-corrected chi connectivity index (χ0v) is 9.10. The summed E-state index contributed by atoms with van der Waals surface area (Å²) in [5.41, 5.74) is 5.69. The molecule has 4 nitrogen and oxygen atoms in total. The van der Waals surface area contributed by atoms with Crippen molar-refractivity contribution in [2.45, 2.75) is 19.3 Å². The summed E-state index contributed by atoms with van der Waals surface area (Å²) >= 11 is 0. The first kappa shape index (κ1) is 11.1. The van der Waals surface area contributed by atoms with Gasteiger partial charge in [-0.15, -0.1) is 0 Å². The van der Waals surface area contributed by atoms with E-state index in [1.54, 1.807) is 6.20 Å². The van der Waals surface area contributed by atoms with Gasteiger partial charge in [0.05, 0.1) is 5.41 Å². The maximum Gasteiger partial charge on any atom is 0.311 e. The zero-order chi connectivity index (χ0) is 11.6. The van der Waals surface area contributed by atoms with E-state index in [-0.39, 0.29) is 12.5 Å². The van der Waals surface area contributed by atoms with Gasteiger partial charge in [0.2, 0.25) is 0 Å². The van der Waals surface area contributed by atoms with Crippen LogP contribution >= 0.6 is 0 Å². The van der Waals surface area contributed by atoms with Crippen molar-refractivity contribution in [3.8, 4) is 0 Å². The fourth-order valence-corrected chi connectivity index (χ4v) is 2.18. The van der Waals surface area contributed by atoms with Gasteiger partial charge in [-0.05, 0) is 30.9 Å². The molecule has 0 radical (unpaired) electrons. The van der Waals surface area contributed by atoms with Crippen LogP contribution in [-0.2, 0) is 11.2 Å². The van der Waals surface area contributed by atoms with Crippen molar-refractivity contribution in [1.29, 1.82) is 0 Å². The molecule has 0 aromatic carbocycles. The number of hydrogen-bond donors (Lipinski definition) is 2. The molecule has 1 aromatic rings. The van der Waals surface area contributed by atoms with Crippen molar-refractivity contribution in [3.63, 3.8) is 0 Å². The van der Waals surface area contributed by atoms with E-state index in [9.17, 15) is 9.90 Å². The maximum atomic E-state index is 11.4. The van der Waals surface area contributed by atoms with Gasteiger partial charge in [-0.1, -0.05) is 6.07 Å². The number of rotatable bonds is 5. The van der Waals surface area contributed by atoms with Crippen LogP contribution in [0, 0.1) is 11.3 Å². The maximum absolute atomic E-state index is 11.4. The molecule has 0 bridgehead atoms. The Hall–Kier alpha value is -1.42. The minimum absolute atomic E-state index is 0.184. The van der Waals surface area contributed by atoms with Crippen LogP contribution in [-0.4, -0.2) is 22.6 Å². The third-order valence-corrected chi connectivity index (χ3v) is 3.37. The lowest BCUT2D eigenvalue weighted by Crippen LogP contribution is -2.42. The minimum Gasteiger partial charge on any atom is -0.481 e. The SMILES string of the molecule is NCC(Cc1ccccn1)(C(=O)O)C1CC1. The Morgan fingerprint density at radius 3 is 2.75 bits per heavy atom. The van der Waals surface area contributed by atoms with E-state index in [0.29, 0.717) is 6.42 Å². The number of nitrogens with zero attached hydrogens (tertiary/aromatic N) is 1. The first-order valence-corrected chi connectivity index (χ1v) is 5.52. The smallest absolute Gasteiger partial charge is 0.311 e. The monoisotopic (exact) mass is 220 g/mol. The van der Waals surface area contributed by atoms with E-state index >= 15 is 0 Å². The van der Waals surface area contributed by atoms with E-state index in [1.807, 2.05) is 18.2 Å². The number of aromatic nitrogens is 1. The van der Waals surface area contributed by atoms with Crippen LogP contribution in [0.2, 0.25) is 0 Å². The molecule has 0 amide bonds. The number of carbonyl (C=O) groups is 1. The van der Waals surface area contributed by atoms with Gasteiger partial charge in [0, 0.05) is 24.9 Å². The lowest BCUT2D eigenvalue weighted by Gasteiger charge is -2.27. The van der Waals surface area contributed by atoms with Crippen LogP contribution in [0.5, 0.6) is 0 Å². The second-order valence-electron chi connectivity index (χ2n) is 4.44. The third kappa shape index (κ3) is 1.93. The van der Waals surface area contributed by atoms with E-state index in [2.05, 4.69) is 4.98 Å². The molecule has 1 atom stereocenters. The lowest BCUT2D eigenvalue weighted by atomic mass is 9.78. The number of nitrogens with two attached hydrogens (primary N) is 1. The van der Waals surface area contributed by atoms with Gasteiger partial charge in [-0.3, -0.25) is 9.78 Å². The summed E-state index contributed by atoms with van der Waals surface area (Å²) in [4.78, 5) is 15.6. The molecule has 16 heavy (non-hydrogen) atoms. The van der Waals surface area contributed by atoms with Crippen molar-refractivity contribution >= 4 is 5.97 Å². The average Bonchev–Trinajstić information content (AvgIpc) is 3.11. The van der Waals surface area contributed by atoms with Gasteiger partial charge in [-0.2, -0.15) is 0 Å². The summed E-state index contributed by atoms with van der Waals surface area (Å²) in [6.07, 6.45) is 4.06. The highest BCUT2D eigenvalue weighted by atomic mass is 16.4. The van der Waals surface area contributed by atoms with E-state index in [0.717, 1.165) is 18.5 Å². The molecule has 3 N–H and O–H groups in total. The molecule has 2 rings (SSSR count). The van der Waals surface area contributed by atoms with Gasteiger partial charge >= 0.3 is 5.97 Å². The average molecular weight is 220 g/mol.